The van der Waals surface area contributed by atoms with E-state index in [1.54, 1.807) is 29.8 Å². The number of aromatic nitrogens is 4. The lowest BCUT2D eigenvalue weighted by atomic mass is 9.95. The van der Waals surface area contributed by atoms with Crippen LogP contribution in [0.1, 0.15) is 18.2 Å². The summed E-state index contributed by atoms with van der Waals surface area (Å²) in [6.45, 7) is 4.80. The van der Waals surface area contributed by atoms with Crippen molar-refractivity contribution in [1.29, 1.82) is 0 Å². The second kappa shape index (κ2) is 10.6. The molecule has 1 aliphatic carbocycles. The number of anilines is 2. The molecule has 0 unspecified atom stereocenters. The van der Waals surface area contributed by atoms with Crippen LogP contribution in [0.15, 0.2) is 30.7 Å². The number of halogens is 2. The van der Waals surface area contributed by atoms with Crippen molar-refractivity contribution >= 4 is 44.7 Å². The Labute approximate surface area is 201 Å². The Morgan fingerprint density at radius 3 is 2.79 bits per heavy atom. The average molecular weight is 488 g/mol. The van der Waals surface area contributed by atoms with Gasteiger partial charge in [-0.2, -0.15) is 5.10 Å². The number of aryl methyl sites for hydroxylation is 2. The molecule has 0 bridgehead atoms. The van der Waals surface area contributed by atoms with Gasteiger partial charge in [-0.15, -0.1) is 11.3 Å². The molecule has 3 aromatic heterocycles. The Bertz CT molecular complexity index is 1250. The highest BCUT2D eigenvalue weighted by molar-refractivity contribution is 7.22. The Morgan fingerprint density at radius 2 is 2.03 bits per heavy atom. The minimum absolute atomic E-state index is 0.0762. The first-order valence-corrected chi connectivity index (χ1v) is 12.1. The summed E-state index contributed by atoms with van der Waals surface area (Å²) in [5.41, 5.74) is 4.25. The third kappa shape index (κ3) is 5.01. The van der Waals surface area contributed by atoms with Gasteiger partial charge in [0.05, 0.1) is 22.6 Å². The molecule has 0 saturated carbocycles. The topological polar surface area (TPSA) is 79.7 Å². The van der Waals surface area contributed by atoms with E-state index in [4.69, 9.17) is 16.7 Å². The highest BCUT2D eigenvalue weighted by Gasteiger charge is 2.26. The zero-order chi connectivity index (χ0) is 23.4. The number of likely N-dealkylation sites (N-methyl/N-ethyl adjacent to an activating group) is 1. The van der Waals surface area contributed by atoms with Gasteiger partial charge in [0.1, 0.15) is 22.8 Å². The fourth-order valence-corrected chi connectivity index (χ4v) is 5.22. The molecule has 1 aromatic carbocycles. The van der Waals surface area contributed by atoms with Crippen LogP contribution in [0.2, 0.25) is 5.02 Å². The number of hydrogen-bond acceptors (Lipinski definition) is 7. The minimum Gasteiger partial charge on any atom is -0.340 e. The SMILES string of the molecule is CCNCCn1cc2c(n1)CCc1c-2sc2ncnc(Nc3ccc(F)c(Cl)c3)c12.CNC. The summed E-state index contributed by atoms with van der Waals surface area (Å²) in [7, 11) is 3.75. The molecule has 0 fully saturated rings. The minimum atomic E-state index is -0.443. The van der Waals surface area contributed by atoms with Crippen LogP contribution in [0.3, 0.4) is 0 Å². The smallest absolute Gasteiger partial charge is 0.142 e. The lowest BCUT2D eigenvalue weighted by molar-refractivity contribution is 0.560. The first kappa shape index (κ1) is 23.6. The molecular weight excluding hydrogens is 461 g/mol. The maximum atomic E-state index is 13.5. The molecule has 0 aliphatic heterocycles. The molecule has 0 amide bonds. The fourth-order valence-electron chi connectivity index (χ4n) is 3.82. The summed E-state index contributed by atoms with van der Waals surface area (Å²) < 4.78 is 15.5. The third-order valence-corrected chi connectivity index (χ3v) is 6.69. The molecule has 3 N–H and O–H groups in total. The number of nitrogens with zero attached hydrogens (tertiary/aromatic N) is 4. The van der Waals surface area contributed by atoms with E-state index in [0.29, 0.717) is 11.5 Å². The third-order valence-electron chi connectivity index (χ3n) is 5.23. The molecule has 174 valence electrons. The maximum Gasteiger partial charge on any atom is 0.142 e. The van der Waals surface area contributed by atoms with Crippen LogP contribution >= 0.6 is 22.9 Å². The summed E-state index contributed by atoms with van der Waals surface area (Å²) in [5.74, 6) is 0.268. The molecule has 0 saturated heterocycles. The molecule has 7 nitrogen and oxygen atoms in total. The summed E-state index contributed by atoms with van der Waals surface area (Å²) in [6.07, 6.45) is 5.47. The van der Waals surface area contributed by atoms with E-state index in [2.05, 4.69) is 39.0 Å². The van der Waals surface area contributed by atoms with Crippen molar-refractivity contribution in [3.63, 3.8) is 0 Å². The quantitative estimate of drug-likeness (QED) is 0.344. The van der Waals surface area contributed by atoms with Crippen molar-refractivity contribution in [1.82, 2.24) is 30.4 Å². The zero-order valence-electron chi connectivity index (χ0n) is 18.9. The van der Waals surface area contributed by atoms with Crippen LogP contribution in [0, 0.1) is 5.82 Å². The van der Waals surface area contributed by atoms with E-state index in [0.717, 1.165) is 48.4 Å². The molecule has 5 rings (SSSR count). The summed E-state index contributed by atoms with van der Waals surface area (Å²) in [5, 5.41) is 15.3. The zero-order valence-corrected chi connectivity index (χ0v) is 20.4. The number of thiophene rings is 1. The summed E-state index contributed by atoms with van der Waals surface area (Å²) in [4.78, 5) is 11.1. The van der Waals surface area contributed by atoms with E-state index in [1.165, 1.54) is 22.1 Å². The summed E-state index contributed by atoms with van der Waals surface area (Å²) in [6, 6.07) is 4.57. The van der Waals surface area contributed by atoms with Gasteiger partial charge in [0.2, 0.25) is 0 Å². The van der Waals surface area contributed by atoms with Crippen molar-refractivity contribution in [2.75, 3.05) is 32.5 Å². The number of nitrogens with one attached hydrogen (secondary N) is 3. The Morgan fingerprint density at radius 1 is 1.21 bits per heavy atom. The molecule has 33 heavy (non-hydrogen) atoms. The molecular formula is C23H27ClFN7S. The van der Waals surface area contributed by atoms with Gasteiger partial charge in [0.15, 0.2) is 0 Å². The first-order chi connectivity index (χ1) is 16.0. The van der Waals surface area contributed by atoms with Gasteiger partial charge in [-0.25, -0.2) is 14.4 Å². The second-order valence-corrected chi connectivity index (χ2v) is 9.08. The van der Waals surface area contributed by atoms with Crippen LogP contribution in [0.5, 0.6) is 0 Å². The van der Waals surface area contributed by atoms with Crippen molar-refractivity contribution in [2.45, 2.75) is 26.3 Å². The number of hydrogen-bond donors (Lipinski definition) is 3. The van der Waals surface area contributed by atoms with Gasteiger partial charge in [-0.3, -0.25) is 4.68 Å². The van der Waals surface area contributed by atoms with Crippen molar-refractivity contribution in [3.8, 4) is 10.4 Å². The number of rotatable bonds is 6. The van der Waals surface area contributed by atoms with E-state index < -0.39 is 5.82 Å². The summed E-state index contributed by atoms with van der Waals surface area (Å²) >= 11 is 7.61. The van der Waals surface area contributed by atoms with Crippen LogP contribution < -0.4 is 16.0 Å². The largest absolute Gasteiger partial charge is 0.340 e. The molecule has 0 atom stereocenters. The van der Waals surface area contributed by atoms with Crippen molar-refractivity contribution < 1.29 is 4.39 Å². The van der Waals surface area contributed by atoms with E-state index in [1.807, 2.05) is 18.8 Å². The van der Waals surface area contributed by atoms with E-state index in [-0.39, 0.29) is 5.02 Å². The fraction of sp³-hybridized carbons (Fsp3) is 0.348. The monoisotopic (exact) mass is 487 g/mol. The average Bonchev–Trinajstić information content (AvgIpc) is 3.38. The van der Waals surface area contributed by atoms with Gasteiger partial charge >= 0.3 is 0 Å². The van der Waals surface area contributed by atoms with Crippen molar-refractivity contribution in [2.24, 2.45) is 0 Å². The van der Waals surface area contributed by atoms with Gasteiger partial charge in [0, 0.05) is 28.9 Å². The van der Waals surface area contributed by atoms with E-state index >= 15 is 0 Å². The molecule has 0 spiro atoms. The maximum absolute atomic E-state index is 13.5. The van der Waals surface area contributed by atoms with Gasteiger partial charge in [0.25, 0.3) is 0 Å². The standard InChI is InChI=1S/C21H20ClFN6S.C2H7N/c1-2-24-7-8-29-10-14-17(28-29)6-4-13-18-20(25-11-26-21(18)30-19(13)14)27-12-3-5-16(23)15(22)9-12;1-3-2/h3,5,9-11,24H,2,4,6-8H2,1H3,(H,25,26,27);3H,1-2H3. The highest BCUT2D eigenvalue weighted by atomic mass is 35.5. The number of benzene rings is 1. The van der Waals surface area contributed by atoms with Crippen LogP contribution in [-0.2, 0) is 19.4 Å². The molecule has 3 heterocycles. The Hall–Kier alpha value is -2.59. The highest BCUT2D eigenvalue weighted by Crippen LogP contribution is 2.45. The lowest BCUT2D eigenvalue weighted by Gasteiger charge is -2.12. The molecule has 10 heteroatoms. The first-order valence-electron chi connectivity index (χ1n) is 10.9. The predicted octanol–water partition coefficient (Wildman–Crippen LogP) is 4.63. The van der Waals surface area contributed by atoms with Crippen LogP contribution in [-0.4, -0.2) is 46.9 Å². The van der Waals surface area contributed by atoms with Gasteiger partial charge in [-0.05, 0) is 57.2 Å². The molecule has 1 aliphatic rings. The van der Waals surface area contributed by atoms with E-state index in [9.17, 15) is 4.39 Å². The van der Waals surface area contributed by atoms with Crippen LogP contribution in [0.4, 0.5) is 15.9 Å². The Kier molecular flexibility index (Phi) is 7.54. The van der Waals surface area contributed by atoms with Gasteiger partial charge < -0.3 is 16.0 Å². The molecule has 0 radical (unpaired) electrons. The lowest BCUT2D eigenvalue weighted by Crippen LogP contribution is -2.19. The van der Waals surface area contributed by atoms with Crippen LogP contribution in [0.25, 0.3) is 20.7 Å². The van der Waals surface area contributed by atoms with Gasteiger partial charge in [-0.1, -0.05) is 18.5 Å². The predicted molar refractivity (Wildman–Crippen MR) is 134 cm³/mol. The van der Waals surface area contributed by atoms with Crippen molar-refractivity contribution in [3.05, 3.63) is 52.8 Å². The second-order valence-electron chi connectivity index (χ2n) is 7.67. The Balaban J connectivity index is 0.000000821. The number of fused-ring (bicyclic) bond motifs is 5. The molecule has 4 aromatic rings. The normalized spacial score (nSPS) is 12.2.